The molecule has 0 aliphatic carbocycles. The highest BCUT2D eigenvalue weighted by atomic mass is 16.5. The van der Waals surface area contributed by atoms with Crippen LogP contribution >= 0.6 is 0 Å². The lowest BCUT2D eigenvalue weighted by Crippen LogP contribution is -2.06. The number of nitrogens with one attached hydrogen (secondary N) is 1. The summed E-state index contributed by atoms with van der Waals surface area (Å²) in [7, 11) is 0. The molecule has 5 nitrogen and oxygen atoms in total. The number of ether oxygens (including phenoxy) is 1. The Morgan fingerprint density at radius 3 is 2.75 bits per heavy atom. The molecule has 0 fully saturated rings. The molecule has 1 aromatic heterocycles. The average molecular weight is 273 g/mol. The number of aromatic nitrogens is 2. The van der Waals surface area contributed by atoms with Crippen molar-refractivity contribution in [3.63, 3.8) is 0 Å². The highest BCUT2D eigenvalue weighted by Gasteiger charge is 2.11. The van der Waals surface area contributed by atoms with Crippen molar-refractivity contribution in [1.29, 1.82) is 0 Å². The number of hydrogen-bond acceptors (Lipinski definition) is 5. The molecule has 0 spiro atoms. The smallest absolute Gasteiger partial charge is 0.227 e. The maximum Gasteiger partial charge on any atom is 0.227 e. The van der Waals surface area contributed by atoms with Gasteiger partial charge in [-0.25, -0.2) is 4.98 Å². The largest absolute Gasteiger partial charge is 0.439 e. The summed E-state index contributed by atoms with van der Waals surface area (Å²) in [5.41, 5.74) is 1.67. The van der Waals surface area contributed by atoms with E-state index in [9.17, 15) is 0 Å². The van der Waals surface area contributed by atoms with E-state index < -0.39 is 0 Å². The van der Waals surface area contributed by atoms with Crippen LogP contribution < -0.4 is 10.1 Å². The first kappa shape index (κ1) is 14.3. The number of aryl methyl sites for hydroxylation is 1. The fraction of sp³-hybridized carbons (Fsp3) is 0.333. The zero-order valence-electron chi connectivity index (χ0n) is 12.0. The molecular weight excluding hydrogens is 254 g/mol. The van der Waals surface area contributed by atoms with E-state index in [0.717, 1.165) is 23.5 Å². The Morgan fingerprint density at radius 1 is 1.25 bits per heavy atom. The fourth-order valence-electron chi connectivity index (χ4n) is 1.86. The van der Waals surface area contributed by atoms with Gasteiger partial charge >= 0.3 is 0 Å². The second kappa shape index (κ2) is 6.34. The lowest BCUT2D eigenvalue weighted by Gasteiger charge is -2.13. The first-order valence-electron chi connectivity index (χ1n) is 6.60. The number of hydrogen-bond donors (Lipinski definition) is 2. The fourth-order valence-corrected chi connectivity index (χ4v) is 1.86. The van der Waals surface area contributed by atoms with Crippen LogP contribution in [0.5, 0.6) is 11.6 Å². The van der Waals surface area contributed by atoms with Crippen LogP contribution in [0, 0.1) is 13.8 Å². The molecule has 2 N–H and O–H groups in total. The van der Waals surface area contributed by atoms with Crippen LogP contribution in [0.3, 0.4) is 0 Å². The topological polar surface area (TPSA) is 67.3 Å². The Hall–Kier alpha value is -2.14. The van der Waals surface area contributed by atoms with E-state index in [2.05, 4.69) is 15.3 Å². The van der Waals surface area contributed by atoms with Crippen molar-refractivity contribution in [2.75, 3.05) is 11.9 Å². The number of benzene rings is 1. The zero-order valence-corrected chi connectivity index (χ0v) is 12.0. The van der Waals surface area contributed by atoms with Crippen molar-refractivity contribution < 1.29 is 9.84 Å². The van der Waals surface area contributed by atoms with Crippen LogP contribution in [0.1, 0.15) is 23.9 Å². The molecule has 0 atom stereocenters. The lowest BCUT2D eigenvalue weighted by atomic mass is 10.2. The highest BCUT2D eigenvalue weighted by molar-refractivity contribution is 5.49. The highest BCUT2D eigenvalue weighted by Crippen LogP contribution is 2.27. The van der Waals surface area contributed by atoms with E-state index in [0.29, 0.717) is 17.5 Å². The Bertz CT molecular complexity index is 600. The first-order chi connectivity index (χ1) is 9.63. The summed E-state index contributed by atoms with van der Waals surface area (Å²) in [5.74, 6) is 2.62. The van der Waals surface area contributed by atoms with Gasteiger partial charge in [-0.05, 0) is 38.5 Å². The second-order valence-corrected chi connectivity index (χ2v) is 4.49. The Morgan fingerprint density at radius 2 is 2.05 bits per heavy atom. The molecule has 0 radical (unpaired) electrons. The molecule has 106 valence electrons. The summed E-state index contributed by atoms with van der Waals surface area (Å²) in [6.45, 7) is 6.54. The van der Waals surface area contributed by atoms with Crippen molar-refractivity contribution in [2.45, 2.75) is 27.4 Å². The molecule has 2 aromatic rings. The summed E-state index contributed by atoms with van der Waals surface area (Å²) in [6.07, 6.45) is 0. The normalized spacial score (nSPS) is 10.4. The van der Waals surface area contributed by atoms with Crippen LogP contribution in [-0.4, -0.2) is 21.6 Å². The van der Waals surface area contributed by atoms with Crippen molar-refractivity contribution in [1.82, 2.24) is 9.97 Å². The molecule has 0 unspecified atom stereocenters. The quantitative estimate of drug-likeness (QED) is 0.876. The number of aliphatic hydroxyl groups excluding tert-OH is 1. The first-order valence-corrected chi connectivity index (χ1v) is 6.60. The average Bonchev–Trinajstić information content (AvgIpc) is 2.44. The minimum Gasteiger partial charge on any atom is -0.439 e. The van der Waals surface area contributed by atoms with Gasteiger partial charge in [0.2, 0.25) is 5.88 Å². The van der Waals surface area contributed by atoms with Gasteiger partial charge in [0.15, 0.2) is 0 Å². The minimum atomic E-state index is -0.0123. The zero-order chi connectivity index (χ0) is 14.5. The molecule has 1 aromatic carbocycles. The van der Waals surface area contributed by atoms with Gasteiger partial charge in [-0.3, -0.25) is 0 Å². The molecule has 5 heteroatoms. The third-order valence-corrected chi connectivity index (χ3v) is 2.85. The summed E-state index contributed by atoms with van der Waals surface area (Å²) in [4.78, 5) is 8.69. The lowest BCUT2D eigenvalue weighted by molar-refractivity contribution is 0.281. The molecule has 0 saturated carbocycles. The number of aliphatic hydroxyl groups is 1. The SMILES string of the molecule is CCNc1nc(C)nc(Oc2cccc(CO)c2)c1C. The van der Waals surface area contributed by atoms with Crippen LogP contribution in [-0.2, 0) is 6.61 Å². The van der Waals surface area contributed by atoms with Gasteiger partial charge < -0.3 is 15.2 Å². The van der Waals surface area contributed by atoms with E-state index in [1.165, 1.54) is 0 Å². The van der Waals surface area contributed by atoms with Gasteiger partial charge in [0.1, 0.15) is 17.4 Å². The van der Waals surface area contributed by atoms with Gasteiger partial charge in [-0.15, -0.1) is 0 Å². The van der Waals surface area contributed by atoms with Crippen molar-refractivity contribution in [3.8, 4) is 11.6 Å². The third kappa shape index (κ3) is 3.24. The summed E-state index contributed by atoms with van der Waals surface area (Å²) in [5, 5.41) is 12.3. The van der Waals surface area contributed by atoms with E-state index in [4.69, 9.17) is 9.84 Å². The predicted molar refractivity (Wildman–Crippen MR) is 78.1 cm³/mol. The molecule has 0 bridgehead atoms. The van der Waals surface area contributed by atoms with Crippen molar-refractivity contribution >= 4 is 5.82 Å². The van der Waals surface area contributed by atoms with E-state index in [-0.39, 0.29) is 6.61 Å². The minimum absolute atomic E-state index is 0.0123. The number of nitrogens with zero attached hydrogens (tertiary/aromatic N) is 2. The summed E-state index contributed by atoms with van der Waals surface area (Å²) in [6, 6.07) is 7.32. The third-order valence-electron chi connectivity index (χ3n) is 2.85. The van der Waals surface area contributed by atoms with Gasteiger partial charge in [0.25, 0.3) is 0 Å². The summed E-state index contributed by atoms with van der Waals surface area (Å²) < 4.78 is 5.82. The van der Waals surface area contributed by atoms with Gasteiger partial charge in [0, 0.05) is 6.54 Å². The number of anilines is 1. The van der Waals surface area contributed by atoms with Crippen LogP contribution in [0.25, 0.3) is 0 Å². The molecular formula is C15H19N3O2. The van der Waals surface area contributed by atoms with Crippen LogP contribution in [0.2, 0.25) is 0 Å². The van der Waals surface area contributed by atoms with E-state index >= 15 is 0 Å². The van der Waals surface area contributed by atoms with E-state index in [1.807, 2.05) is 39.0 Å². The Kier molecular flexibility index (Phi) is 4.53. The van der Waals surface area contributed by atoms with Gasteiger partial charge in [0.05, 0.1) is 12.2 Å². The summed E-state index contributed by atoms with van der Waals surface area (Å²) >= 11 is 0. The molecule has 1 heterocycles. The van der Waals surface area contributed by atoms with Gasteiger partial charge in [-0.1, -0.05) is 12.1 Å². The van der Waals surface area contributed by atoms with E-state index in [1.54, 1.807) is 6.07 Å². The Labute approximate surface area is 118 Å². The predicted octanol–water partition coefficient (Wildman–Crippen LogP) is 2.81. The standard InChI is InChI=1S/C15H19N3O2/c1-4-16-14-10(2)15(18-11(3)17-14)20-13-7-5-6-12(8-13)9-19/h5-8,19H,4,9H2,1-3H3,(H,16,17,18). The van der Waals surface area contributed by atoms with Gasteiger partial charge in [-0.2, -0.15) is 4.98 Å². The van der Waals surface area contributed by atoms with Crippen molar-refractivity contribution in [2.24, 2.45) is 0 Å². The maximum atomic E-state index is 9.15. The molecule has 2 rings (SSSR count). The Balaban J connectivity index is 2.32. The van der Waals surface area contributed by atoms with Crippen molar-refractivity contribution in [3.05, 3.63) is 41.2 Å². The number of rotatable bonds is 5. The molecule has 0 saturated heterocycles. The molecule has 0 amide bonds. The molecule has 0 aliphatic heterocycles. The molecule has 0 aliphatic rings. The monoisotopic (exact) mass is 273 g/mol. The van der Waals surface area contributed by atoms with Crippen LogP contribution in [0.15, 0.2) is 24.3 Å². The second-order valence-electron chi connectivity index (χ2n) is 4.49. The van der Waals surface area contributed by atoms with Crippen LogP contribution in [0.4, 0.5) is 5.82 Å². The maximum absolute atomic E-state index is 9.15. The molecule has 20 heavy (non-hydrogen) atoms.